The van der Waals surface area contributed by atoms with Crippen LogP contribution in [0.4, 0.5) is 26.3 Å². The summed E-state index contributed by atoms with van der Waals surface area (Å²) in [5, 5.41) is 0. The van der Waals surface area contributed by atoms with Crippen LogP contribution >= 0.6 is 0 Å². The van der Waals surface area contributed by atoms with Crippen LogP contribution in [0.3, 0.4) is 0 Å². The fraction of sp³-hybridized carbons (Fsp3) is 0.556. The van der Waals surface area contributed by atoms with E-state index >= 15 is 0 Å². The van der Waals surface area contributed by atoms with E-state index in [4.69, 9.17) is 28.4 Å². The van der Waals surface area contributed by atoms with E-state index in [1.807, 2.05) is 0 Å². The Bertz CT molecular complexity index is 963. The number of epoxide rings is 2. The summed E-state index contributed by atoms with van der Waals surface area (Å²) in [6.45, 7) is 5.61. The van der Waals surface area contributed by atoms with Crippen molar-refractivity contribution in [2.24, 2.45) is 0 Å². The lowest BCUT2D eigenvalue weighted by Crippen LogP contribution is -2.54. The van der Waals surface area contributed by atoms with Gasteiger partial charge in [-0.05, 0) is 49.2 Å². The highest BCUT2D eigenvalue weighted by Crippen LogP contribution is 2.56. The second-order valence-electron chi connectivity index (χ2n) is 9.61. The Hall–Kier alpha value is -2.54. The first kappa shape index (κ1) is 29.4. The van der Waals surface area contributed by atoms with Crippen LogP contribution in [-0.4, -0.2) is 76.4 Å². The van der Waals surface area contributed by atoms with E-state index in [0.29, 0.717) is 26.4 Å². The minimum absolute atomic E-state index is 0.0512. The monoisotopic (exact) mass is 564 g/mol. The van der Waals surface area contributed by atoms with Gasteiger partial charge in [-0.1, -0.05) is 24.3 Å². The van der Waals surface area contributed by atoms with Crippen molar-refractivity contribution in [3.63, 3.8) is 0 Å². The number of hydrogen-bond acceptors (Lipinski definition) is 6. The maximum atomic E-state index is 14.4. The van der Waals surface area contributed by atoms with Crippen molar-refractivity contribution in [3.05, 3.63) is 59.7 Å². The molecular formula is C27H30F6O6. The van der Waals surface area contributed by atoms with Gasteiger partial charge in [0.2, 0.25) is 5.41 Å². The number of hydrogen-bond donors (Lipinski definition) is 0. The zero-order chi connectivity index (χ0) is 28.3. The molecule has 0 bridgehead atoms. The van der Waals surface area contributed by atoms with Gasteiger partial charge in [-0.3, -0.25) is 0 Å². The van der Waals surface area contributed by atoms with Gasteiger partial charge >= 0.3 is 12.4 Å². The average molecular weight is 565 g/mol. The summed E-state index contributed by atoms with van der Waals surface area (Å²) >= 11 is 0. The summed E-state index contributed by atoms with van der Waals surface area (Å²) in [7, 11) is 0. The largest absolute Gasteiger partial charge is 0.491 e. The van der Waals surface area contributed by atoms with Crippen LogP contribution in [0.5, 0.6) is 11.5 Å². The lowest BCUT2D eigenvalue weighted by Gasteiger charge is -2.38. The summed E-state index contributed by atoms with van der Waals surface area (Å²) in [5.74, 6) is 0.229. The number of ether oxygens (including phenoxy) is 6. The Balaban J connectivity index is 1.49. The topological polar surface area (TPSA) is 62.0 Å². The summed E-state index contributed by atoms with van der Waals surface area (Å²) in [6, 6.07) is 7.49. The molecule has 2 aliphatic rings. The Labute approximate surface area is 222 Å². The quantitative estimate of drug-likeness (QED) is 0.224. The van der Waals surface area contributed by atoms with E-state index in [9.17, 15) is 26.3 Å². The number of rotatable bonds is 14. The Morgan fingerprint density at radius 1 is 0.667 bits per heavy atom. The molecule has 0 aromatic heterocycles. The molecule has 0 spiro atoms. The van der Waals surface area contributed by atoms with E-state index in [0.717, 1.165) is 48.5 Å². The zero-order valence-electron chi connectivity index (χ0n) is 21.4. The van der Waals surface area contributed by atoms with Crippen LogP contribution in [0.1, 0.15) is 25.0 Å². The van der Waals surface area contributed by atoms with E-state index in [2.05, 4.69) is 0 Å². The molecule has 0 amide bonds. The van der Waals surface area contributed by atoms with Crippen molar-refractivity contribution in [2.75, 3.05) is 39.6 Å². The van der Waals surface area contributed by atoms with Crippen molar-refractivity contribution < 1.29 is 54.8 Å². The molecule has 2 aliphatic heterocycles. The second-order valence-corrected chi connectivity index (χ2v) is 9.61. The van der Waals surface area contributed by atoms with Crippen molar-refractivity contribution in [2.45, 2.75) is 56.0 Å². The summed E-state index contributed by atoms with van der Waals surface area (Å²) in [4.78, 5) is 0. The molecule has 4 rings (SSSR count). The molecule has 2 fully saturated rings. The lowest BCUT2D eigenvalue weighted by atomic mass is 9.73. The molecule has 2 heterocycles. The van der Waals surface area contributed by atoms with Crippen LogP contribution < -0.4 is 9.47 Å². The first-order valence-corrected chi connectivity index (χ1v) is 12.5. The van der Waals surface area contributed by atoms with Gasteiger partial charge in [0.15, 0.2) is 0 Å². The van der Waals surface area contributed by atoms with E-state index < -0.39 is 28.9 Å². The predicted octanol–water partition coefficient (Wildman–Crippen LogP) is 5.46. The predicted molar refractivity (Wildman–Crippen MR) is 127 cm³/mol. The van der Waals surface area contributed by atoms with Crippen LogP contribution in [0, 0.1) is 0 Å². The van der Waals surface area contributed by atoms with E-state index in [1.165, 1.54) is 0 Å². The molecule has 0 aliphatic carbocycles. The molecule has 2 aromatic carbocycles. The summed E-state index contributed by atoms with van der Waals surface area (Å²) in [6.07, 6.45) is -12.0. The molecule has 0 saturated carbocycles. The average Bonchev–Trinajstić information content (AvgIpc) is 3.79. The van der Waals surface area contributed by atoms with Gasteiger partial charge in [0.25, 0.3) is 0 Å². The normalized spacial score (nSPS) is 20.8. The highest BCUT2D eigenvalue weighted by molar-refractivity contribution is 5.47. The lowest BCUT2D eigenvalue weighted by molar-refractivity contribution is -0.288. The van der Waals surface area contributed by atoms with Gasteiger partial charge in [-0.2, -0.15) is 26.3 Å². The maximum absolute atomic E-state index is 14.4. The van der Waals surface area contributed by atoms with E-state index in [1.54, 1.807) is 13.8 Å². The molecule has 2 aromatic rings. The van der Waals surface area contributed by atoms with Crippen molar-refractivity contribution in [1.82, 2.24) is 0 Å². The fourth-order valence-electron chi connectivity index (χ4n) is 3.98. The van der Waals surface area contributed by atoms with Crippen LogP contribution in [0.2, 0.25) is 0 Å². The van der Waals surface area contributed by atoms with Crippen LogP contribution in [0.25, 0.3) is 0 Å². The Morgan fingerprint density at radius 2 is 1.00 bits per heavy atom. The van der Waals surface area contributed by atoms with E-state index in [-0.39, 0.29) is 49.1 Å². The van der Waals surface area contributed by atoms with Crippen molar-refractivity contribution in [1.29, 1.82) is 0 Å². The smallest absolute Gasteiger partial charge is 0.411 e. The van der Waals surface area contributed by atoms with Gasteiger partial charge in [0.05, 0.1) is 38.6 Å². The fourth-order valence-corrected chi connectivity index (χ4v) is 3.98. The molecular weight excluding hydrogens is 534 g/mol. The molecule has 39 heavy (non-hydrogen) atoms. The molecule has 12 heteroatoms. The molecule has 4 unspecified atom stereocenters. The van der Waals surface area contributed by atoms with Gasteiger partial charge in [0, 0.05) is 0 Å². The maximum Gasteiger partial charge on any atom is 0.411 e. The third kappa shape index (κ3) is 7.36. The third-order valence-electron chi connectivity index (χ3n) is 6.33. The molecule has 0 N–H and O–H groups in total. The van der Waals surface area contributed by atoms with Crippen molar-refractivity contribution in [3.8, 4) is 11.5 Å². The number of halogens is 6. The SMILES string of the molecule is CC(COc1ccc(C(c2ccc(OCC(C)OCC3CO3)cc2)(C(F)(F)F)C(F)(F)F)cc1)OCC1CO1. The number of alkyl halides is 6. The first-order valence-electron chi connectivity index (χ1n) is 12.5. The highest BCUT2D eigenvalue weighted by atomic mass is 19.4. The zero-order valence-corrected chi connectivity index (χ0v) is 21.4. The summed E-state index contributed by atoms with van der Waals surface area (Å²) in [5.41, 5.74) is -6.23. The molecule has 0 radical (unpaired) electrons. The van der Waals surface area contributed by atoms with Crippen LogP contribution in [0.15, 0.2) is 48.5 Å². The molecule has 216 valence electrons. The minimum atomic E-state index is -5.70. The Morgan fingerprint density at radius 3 is 1.28 bits per heavy atom. The second kappa shape index (κ2) is 11.9. The molecule has 4 atom stereocenters. The van der Waals surface area contributed by atoms with Crippen LogP contribution in [-0.2, 0) is 24.4 Å². The number of benzene rings is 2. The minimum Gasteiger partial charge on any atom is -0.491 e. The molecule has 6 nitrogen and oxygen atoms in total. The van der Waals surface area contributed by atoms with Gasteiger partial charge in [0.1, 0.15) is 36.9 Å². The first-order chi connectivity index (χ1) is 18.4. The third-order valence-corrected chi connectivity index (χ3v) is 6.33. The summed E-state index contributed by atoms with van der Waals surface area (Å²) < 4.78 is 119. The highest BCUT2D eigenvalue weighted by Gasteiger charge is 2.72. The van der Waals surface area contributed by atoms with Gasteiger partial charge in [-0.25, -0.2) is 0 Å². The van der Waals surface area contributed by atoms with Crippen molar-refractivity contribution >= 4 is 0 Å². The standard InChI is InChI=1S/C27H30F6O6/c1-17(34-13-23-15-38-23)11-36-21-7-3-19(4-8-21)25(26(28,29)30,27(31,32)33)20-5-9-22(10-6-20)37-12-18(2)35-14-24-16-39-24/h3-10,17-18,23-24H,11-16H2,1-2H3. The Kier molecular flexibility index (Phi) is 8.99. The van der Waals surface area contributed by atoms with Gasteiger partial charge in [-0.15, -0.1) is 0 Å². The molecule has 2 saturated heterocycles. The van der Waals surface area contributed by atoms with Gasteiger partial charge < -0.3 is 28.4 Å².